The van der Waals surface area contributed by atoms with E-state index in [0.29, 0.717) is 11.5 Å². The van der Waals surface area contributed by atoms with Gasteiger partial charge in [-0.05, 0) is 74.8 Å². The first-order valence-electron chi connectivity index (χ1n) is 9.02. The molecule has 0 radical (unpaired) electrons. The number of non-ortho nitro benzene ring substituents is 1. The molecule has 0 amide bonds. The first kappa shape index (κ1) is 14.4. The van der Waals surface area contributed by atoms with Crippen molar-refractivity contribution in [1.82, 2.24) is 0 Å². The van der Waals surface area contributed by atoms with Crippen molar-refractivity contribution < 1.29 is 14.5 Å². The van der Waals surface area contributed by atoms with Crippen molar-refractivity contribution in [3.8, 4) is 0 Å². The fourth-order valence-corrected chi connectivity index (χ4v) is 6.74. The summed E-state index contributed by atoms with van der Waals surface area (Å²) in [5, 5.41) is 10.8. The van der Waals surface area contributed by atoms with Crippen molar-refractivity contribution in [2.45, 2.75) is 50.5 Å². The van der Waals surface area contributed by atoms with Crippen molar-refractivity contribution in [3.63, 3.8) is 0 Å². The summed E-state index contributed by atoms with van der Waals surface area (Å²) in [6.07, 6.45) is 8.49. The van der Waals surface area contributed by atoms with Gasteiger partial charge in [0.1, 0.15) is 5.60 Å². The molecule has 0 unspecified atom stereocenters. The molecule has 4 aliphatic carbocycles. The first-order valence-corrected chi connectivity index (χ1v) is 9.02. The van der Waals surface area contributed by atoms with Crippen LogP contribution in [0.5, 0.6) is 0 Å². The van der Waals surface area contributed by atoms with E-state index in [4.69, 9.17) is 4.74 Å². The van der Waals surface area contributed by atoms with Crippen LogP contribution in [0.4, 0.5) is 5.69 Å². The van der Waals surface area contributed by atoms with Gasteiger partial charge in [0.05, 0.1) is 10.5 Å². The number of nitrogens with zero attached hydrogens (tertiary/aromatic N) is 1. The van der Waals surface area contributed by atoms with E-state index in [0.717, 1.165) is 18.3 Å². The number of carbonyl (C=O) groups is 1. The molecule has 1 aromatic rings. The average molecular weight is 327 g/mol. The highest BCUT2D eigenvalue weighted by molar-refractivity contribution is 5.90. The van der Waals surface area contributed by atoms with E-state index < -0.39 is 4.92 Å². The number of fused-ring (bicyclic) bond motifs is 4. The zero-order valence-electron chi connectivity index (χ0n) is 13.6. The summed E-state index contributed by atoms with van der Waals surface area (Å²) in [5.74, 6) is 1.68. The van der Waals surface area contributed by atoms with E-state index >= 15 is 0 Å². The molecule has 4 saturated carbocycles. The van der Waals surface area contributed by atoms with Crippen molar-refractivity contribution in [2.24, 2.45) is 23.2 Å². The predicted molar refractivity (Wildman–Crippen MR) is 86.5 cm³/mol. The molecule has 126 valence electrons. The smallest absolute Gasteiger partial charge is 0.338 e. The van der Waals surface area contributed by atoms with Gasteiger partial charge in [-0.3, -0.25) is 10.1 Å². The number of rotatable bonds is 3. The van der Waals surface area contributed by atoms with Gasteiger partial charge in [-0.25, -0.2) is 4.79 Å². The summed E-state index contributed by atoms with van der Waals surface area (Å²) >= 11 is 0. The zero-order valence-corrected chi connectivity index (χ0v) is 13.6. The van der Waals surface area contributed by atoms with Gasteiger partial charge >= 0.3 is 5.97 Å². The largest absolute Gasteiger partial charge is 0.455 e. The lowest BCUT2D eigenvalue weighted by Crippen LogP contribution is -2.52. The lowest BCUT2D eigenvalue weighted by molar-refractivity contribution is -0.384. The Morgan fingerprint density at radius 2 is 1.88 bits per heavy atom. The van der Waals surface area contributed by atoms with E-state index in [1.54, 1.807) is 0 Å². The van der Waals surface area contributed by atoms with Gasteiger partial charge in [0.25, 0.3) is 5.69 Å². The normalized spacial score (nSPS) is 41.4. The molecule has 0 heterocycles. The number of carbonyl (C=O) groups excluding carboxylic acids is 1. The summed E-state index contributed by atoms with van der Waals surface area (Å²) in [6.45, 7) is 0. The van der Waals surface area contributed by atoms with Crippen LogP contribution < -0.4 is 0 Å². The van der Waals surface area contributed by atoms with Gasteiger partial charge in [-0.15, -0.1) is 0 Å². The van der Waals surface area contributed by atoms with Crippen molar-refractivity contribution in [1.29, 1.82) is 0 Å². The lowest BCUT2D eigenvalue weighted by atomic mass is 9.63. The van der Waals surface area contributed by atoms with Crippen LogP contribution in [0.15, 0.2) is 24.3 Å². The highest BCUT2D eigenvalue weighted by Gasteiger charge is 2.75. The fourth-order valence-electron chi connectivity index (χ4n) is 6.74. The first-order chi connectivity index (χ1) is 11.5. The number of benzene rings is 1. The maximum Gasteiger partial charge on any atom is 0.338 e. The topological polar surface area (TPSA) is 69.4 Å². The average Bonchev–Trinajstić information content (AvgIpc) is 3.31. The summed E-state index contributed by atoms with van der Waals surface area (Å²) in [5.41, 5.74) is 0.408. The fraction of sp³-hybridized carbons (Fsp3) is 0.632. The summed E-state index contributed by atoms with van der Waals surface area (Å²) in [4.78, 5) is 23.1. The maximum absolute atomic E-state index is 12.8. The van der Waals surface area contributed by atoms with E-state index in [1.165, 1.54) is 62.8 Å². The van der Waals surface area contributed by atoms with E-state index in [2.05, 4.69) is 0 Å². The third-order valence-electron chi connectivity index (χ3n) is 7.55. The molecule has 5 nitrogen and oxygen atoms in total. The van der Waals surface area contributed by atoms with Gasteiger partial charge in [-0.2, -0.15) is 0 Å². The molecule has 4 bridgehead atoms. The molecule has 0 aromatic heterocycles. The summed E-state index contributed by atoms with van der Waals surface area (Å²) in [6, 6.07) is 5.80. The molecule has 5 rings (SSSR count). The molecule has 24 heavy (non-hydrogen) atoms. The van der Waals surface area contributed by atoms with Crippen molar-refractivity contribution in [3.05, 3.63) is 39.9 Å². The Balaban J connectivity index is 1.44. The number of nitro benzene ring substituents is 1. The van der Waals surface area contributed by atoms with Crippen LogP contribution >= 0.6 is 0 Å². The van der Waals surface area contributed by atoms with Gasteiger partial charge in [0.2, 0.25) is 0 Å². The summed E-state index contributed by atoms with van der Waals surface area (Å²) in [7, 11) is 0. The Hall–Kier alpha value is -1.91. The number of ether oxygens (including phenoxy) is 1. The third kappa shape index (κ3) is 1.63. The minimum atomic E-state index is -0.450. The van der Waals surface area contributed by atoms with Crippen LogP contribution in [0.25, 0.3) is 0 Å². The van der Waals surface area contributed by atoms with Gasteiger partial charge in [0.15, 0.2) is 0 Å². The second kappa shape index (κ2) is 4.58. The van der Waals surface area contributed by atoms with Gasteiger partial charge in [-0.1, -0.05) is 0 Å². The molecular formula is C19H21NO4. The highest BCUT2D eigenvalue weighted by Crippen LogP contribution is 2.76. The molecule has 5 heteroatoms. The Kier molecular flexibility index (Phi) is 2.76. The van der Waals surface area contributed by atoms with Crippen LogP contribution in [-0.4, -0.2) is 16.5 Å². The van der Waals surface area contributed by atoms with E-state index in [1.807, 2.05) is 0 Å². The molecular weight excluding hydrogens is 306 g/mol. The molecule has 0 N–H and O–H groups in total. The standard InChI is InChI=1S/C19H21NO4/c21-17(13-1-5-16(6-2-13)20(22)23)24-19-11-12-7-8-18(19,10-12)14-3-4-15(19)9-14/h1-2,5-6,12,14-15H,3-4,7-11H2/t12-,14-,15-,18+,19-/m0/s1. The van der Waals surface area contributed by atoms with Crippen LogP contribution in [0.2, 0.25) is 0 Å². The molecule has 1 aromatic carbocycles. The Labute approximate surface area is 140 Å². The van der Waals surface area contributed by atoms with Gasteiger partial charge in [0, 0.05) is 17.5 Å². The zero-order chi connectivity index (χ0) is 16.5. The van der Waals surface area contributed by atoms with E-state index in [9.17, 15) is 14.9 Å². The predicted octanol–water partition coefficient (Wildman–Crippen LogP) is 4.11. The number of hydrogen-bond acceptors (Lipinski definition) is 4. The number of nitro groups is 1. The number of esters is 1. The van der Waals surface area contributed by atoms with Gasteiger partial charge < -0.3 is 4.74 Å². The van der Waals surface area contributed by atoms with Crippen molar-refractivity contribution >= 4 is 11.7 Å². The molecule has 0 saturated heterocycles. The molecule has 1 spiro atoms. The van der Waals surface area contributed by atoms with Crippen LogP contribution in [0, 0.1) is 33.3 Å². The SMILES string of the molecule is O=C(O[C@]12C[C@H]3CC[C@@]1(C3)[C@H]1CC[C@H]2C1)c1ccc([N+](=O)[O-])cc1. The van der Waals surface area contributed by atoms with Crippen LogP contribution in [0.3, 0.4) is 0 Å². The second-order valence-electron chi connectivity index (χ2n) is 8.26. The Bertz CT molecular complexity index is 729. The van der Waals surface area contributed by atoms with Crippen molar-refractivity contribution in [2.75, 3.05) is 0 Å². The molecule has 4 aliphatic rings. The molecule has 0 aliphatic heterocycles. The lowest BCUT2D eigenvalue weighted by Gasteiger charge is -2.49. The quantitative estimate of drug-likeness (QED) is 0.476. The Morgan fingerprint density at radius 3 is 2.58 bits per heavy atom. The maximum atomic E-state index is 12.8. The molecule has 4 fully saturated rings. The van der Waals surface area contributed by atoms with Crippen LogP contribution in [0.1, 0.15) is 55.3 Å². The third-order valence-corrected chi connectivity index (χ3v) is 7.55. The molecule has 5 atom stereocenters. The highest BCUT2D eigenvalue weighted by atomic mass is 16.6. The minimum Gasteiger partial charge on any atom is -0.455 e. The van der Waals surface area contributed by atoms with Crippen LogP contribution in [-0.2, 0) is 4.74 Å². The minimum absolute atomic E-state index is 0.000954. The number of hydrogen-bond donors (Lipinski definition) is 0. The Morgan fingerprint density at radius 1 is 1.12 bits per heavy atom. The monoisotopic (exact) mass is 327 g/mol. The second-order valence-corrected chi connectivity index (χ2v) is 8.26. The van der Waals surface area contributed by atoms with E-state index in [-0.39, 0.29) is 22.7 Å². The summed E-state index contributed by atoms with van der Waals surface area (Å²) < 4.78 is 6.26.